The van der Waals surface area contributed by atoms with E-state index in [1.54, 1.807) is 17.9 Å². The fourth-order valence-corrected chi connectivity index (χ4v) is 2.08. The Morgan fingerprint density at radius 3 is 2.58 bits per heavy atom. The molecule has 1 N–H and O–H groups in total. The van der Waals surface area contributed by atoms with Gasteiger partial charge in [0.2, 0.25) is 0 Å². The van der Waals surface area contributed by atoms with Crippen molar-refractivity contribution in [2.45, 2.75) is 32.2 Å². The predicted octanol–water partition coefficient (Wildman–Crippen LogP) is 2.21. The van der Waals surface area contributed by atoms with Gasteiger partial charge in [-0.05, 0) is 43.5 Å². The van der Waals surface area contributed by atoms with Crippen LogP contribution in [0.3, 0.4) is 0 Å². The summed E-state index contributed by atoms with van der Waals surface area (Å²) >= 11 is 0. The lowest BCUT2D eigenvalue weighted by Crippen LogP contribution is -2.35. The van der Waals surface area contributed by atoms with Crippen molar-refractivity contribution in [2.75, 3.05) is 6.54 Å². The molecular weight excluding hydrogens is 249 g/mol. The fraction of sp³-hybridized carbons (Fsp3) is 0.429. The van der Waals surface area contributed by atoms with Crippen molar-refractivity contribution in [1.29, 1.82) is 0 Å². The molecule has 102 valence electrons. The zero-order chi connectivity index (χ0) is 14.0. The van der Waals surface area contributed by atoms with Crippen molar-refractivity contribution in [2.24, 2.45) is 0 Å². The molecule has 0 aliphatic heterocycles. The van der Waals surface area contributed by atoms with Crippen molar-refractivity contribution in [3.05, 3.63) is 35.1 Å². The SMILES string of the molecule is Cc1cc(F)cc(C(=O)N(CCC(=O)O)C2CC2)c1. The number of hydrogen-bond acceptors (Lipinski definition) is 2. The fourth-order valence-electron chi connectivity index (χ4n) is 2.08. The molecule has 4 nitrogen and oxygen atoms in total. The van der Waals surface area contributed by atoms with E-state index >= 15 is 0 Å². The van der Waals surface area contributed by atoms with Crippen LogP contribution in [-0.2, 0) is 4.79 Å². The van der Waals surface area contributed by atoms with E-state index in [0.717, 1.165) is 12.8 Å². The van der Waals surface area contributed by atoms with Gasteiger partial charge in [0, 0.05) is 18.2 Å². The molecule has 0 bridgehead atoms. The highest BCUT2D eigenvalue weighted by molar-refractivity contribution is 5.95. The Hall–Kier alpha value is -1.91. The first-order chi connectivity index (χ1) is 8.97. The van der Waals surface area contributed by atoms with Gasteiger partial charge in [0.25, 0.3) is 5.91 Å². The lowest BCUT2D eigenvalue weighted by molar-refractivity contribution is -0.137. The normalized spacial score (nSPS) is 14.2. The average Bonchev–Trinajstić information content (AvgIpc) is 3.11. The van der Waals surface area contributed by atoms with Gasteiger partial charge in [-0.1, -0.05) is 0 Å². The number of rotatable bonds is 5. The lowest BCUT2D eigenvalue weighted by atomic mass is 10.1. The quantitative estimate of drug-likeness (QED) is 0.888. The Morgan fingerprint density at radius 2 is 2.05 bits per heavy atom. The van der Waals surface area contributed by atoms with Crippen LogP contribution in [0.4, 0.5) is 4.39 Å². The first-order valence-corrected chi connectivity index (χ1v) is 6.27. The lowest BCUT2D eigenvalue weighted by Gasteiger charge is -2.22. The van der Waals surface area contributed by atoms with Crippen LogP contribution in [0.2, 0.25) is 0 Å². The maximum absolute atomic E-state index is 13.3. The Labute approximate surface area is 110 Å². The maximum Gasteiger partial charge on any atom is 0.305 e. The van der Waals surface area contributed by atoms with E-state index in [0.29, 0.717) is 5.56 Å². The zero-order valence-corrected chi connectivity index (χ0v) is 10.7. The highest BCUT2D eigenvalue weighted by Crippen LogP contribution is 2.28. The van der Waals surface area contributed by atoms with Gasteiger partial charge in [-0.25, -0.2) is 4.39 Å². The third kappa shape index (κ3) is 3.53. The molecule has 2 rings (SSSR count). The first-order valence-electron chi connectivity index (χ1n) is 6.27. The molecule has 0 spiro atoms. The number of aliphatic carboxylic acids is 1. The molecular formula is C14H16FNO3. The van der Waals surface area contributed by atoms with Crippen molar-refractivity contribution in [3.63, 3.8) is 0 Å². The molecule has 0 aromatic heterocycles. The molecule has 5 heteroatoms. The first kappa shape index (κ1) is 13.5. The highest BCUT2D eigenvalue weighted by atomic mass is 19.1. The van der Waals surface area contributed by atoms with Crippen molar-refractivity contribution in [1.82, 2.24) is 4.90 Å². The summed E-state index contributed by atoms with van der Waals surface area (Å²) in [5.74, 6) is -1.67. The molecule has 1 aliphatic rings. The van der Waals surface area contributed by atoms with E-state index < -0.39 is 11.8 Å². The van der Waals surface area contributed by atoms with Crippen molar-refractivity contribution in [3.8, 4) is 0 Å². The van der Waals surface area contributed by atoms with Gasteiger partial charge in [0.15, 0.2) is 0 Å². The van der Waals surface area contributed by atoms with Crippen LogP contribution >= 0.6 is 0 Å². The Morgan fingerprint density at radius 1 is 1.37 bits per heavy atom. The minimum Gasteiger partial charge on any atom is -0.481 e. The molecule has 0 radical (unpaired) electrons. The van der Waals surface area contributed by atoms with Gasteiger partial charge in [-0.15, -0.1) is 0 Å². The molecule has 19 heavy (non-hydrogen) atoms. The maximum atomic E-state index is 13.3. The average molecular weight is 265 g/mol. The topological polar surface area (TPSA) is 57.6 Å². The van der Waals surface area contributed by atoms with Crippen LogP contribution < -0.4 is 0 Å². The number of benzene rings is 1. The number of halogens is 1. The summed E-state index contributed by atoms with van der Waals surface area (Å²) in [6.07, 6.45) is 1.69. The van der Waals surface area contributed by atoms with E-state index in [4.69, 9.17) is 5.11 Å². The second-order valence-corrected chi connectivity index (χ2v) is 4.89. The number of carboxylic acids is 1. The van der Waals surface area contributed by atoms with Crippen LogP contribution in [0, 0.1) is 12.7 Å². The Balaban J connectivity index is 2.16. The third-order valence-electron chi connectivity index (χ3n) is 3.10. The minimum absolute atomic E-state index is 0.0868. The number of amides is 1. The molecule has 0 atom stereocenters. The van der Waals surface area contributed by atoms with E-state index in [1.165, 1.54) is 12.1 Å². The van der Waals surface area contributed by atoms with Gasteiger partial charge in [-0.2, -0.15) is 0 Å². The summed E-state index contributed by atoms with van der Waals surface area (Å²) in [6, 6.07) is 4.29. The van der Waals surface area contributed by atoms with Gasteiger partial charge < -0.3 is 10.0 Å². The second-order valence-electron chi connectivity index (χ2n) is 4.89. The van der Waals surface area contributed by atoms with E-state index in [1.807, 2.05) is 0 Å². The largest absolute Gasteiger partial charge is 0.481 e. The van der Waals surface area contributed by atoms with Gasteiger partial charge >= 0.3 is 5.97 Å². The summed E-state index contributed by atoms with van der Waals surface area (Å²) in [6.45, 7) is 1.90. The van der Waals surface area contributed by atoms with Crippen molar-refractivity contribution < 1.29 is 19.1 Å². The van der Waals surface area contributed by atoms with Gasteiger partial charge in [0.1, 0.15) is 5.82 Å². The van der Waals surface area contributed by atoms with Crippen LogP contribution in [-0.4, -0.2) is 34.5 Å². The van der Waals surface area contributed by atoms with Gasteiger partial charge in [-0.3, -0.25) is 9.59 Å². The van der Waals surface area contributed by atoms with Crippen LogP contribution in [0.1, 0.15) is 35.2 Å². The molecule has 0 saturated heterocycles. The molecule has 1 fully saturated rings. The van der Waals surface area contributed by atoms with Crippen molar-refractivity contribution >= 4 is 11.9 Å². The van der Waals surface area contributed by atoms with E-state index in [2.05, 4.69) is 0 Å². The molecule has 1 amide bonds. The molecule has 0 unspecified atom stereocenters. The smallest absolute Gasteiger partial charge is 0.305 e. The van der Waals surface area contributed by atoms with Crippen LogP contribution in [0.5, 0.6) is 0 Å². The van der Waals surface area contributed by atoms with Crippen LogP contribution in [0.15, 0.2) is 18.2 Å². The second kappa shape index (κ2) is 5.38. The standard InChI is InChI=1S/C14H16FNO3/c1-9-6-10(8-11(15)7-9)14(19)16(12-2-3-12)5-4-13(17)18/h6-8,12H,2-5H2,1H3,(H,17,18). The molecule has 0 heterocycles. The molecule has 1 aliphatic carbocycles. The van der Waals surface area contributed by atoms with E-state index in [9.17, 15) is 14.0 Å². The summed E-state index contributed by atoms with van der Waals surface area (Å²) in [5.41, 5.74) is 0.965. The zero-order valence-electron chi connectivity index (χ0n) is 10.7. The van der Waals surface area contributed by atoms with Gasteiger partial charge in [0.05, 0.1) is 6.42 Å². The molecule has 1 aromatic rings. The summed E-state index contributed by atoms with van der Waals surface area (Å²) in [5, 5.41) is 8.71. The monoisotopic (exact) mass is 265 g/mol. The molecule has 1 saturated carbocycles. The number of nitrogens with zero attached hydrogens (tertiary/aromatic N) is 1. The predicted molar refractivity (Wildman–Crippen MR) is 67.4 cm³/mol. The summed E-state index contributed by atoms with van der Waals surface area (Å²) in [4.78, 5) is 24.5. The number of carbonyl (C=O) groups excluding carboxylic acids is 1. The third-order valence-corrected chi connectivity index (χ3v) is 3.10. The number of aryl methyl sites for hydroxylation is 1. The van der Waals surface area contributed by atoms with E-state index in [-0.39, 0.29) is 30.5 Å². The van der Waals surface area contributed by atoms with Crippen LogP contribution in [0.25, 0.3) is 0 Å². The minimum atomic E-state index is -0.936. The Bertz CT molecular complexity index is 491. The number of hydrogen-bond donors (Lipinski definition) is 1. The summed E-state index contributed by atoms with van der Waals surface area (Å²) < 4.78 is 13.3. The molecule has 1 aromatic carbocycles. The Kier molecular flexibility index (Phi) is 3.83. The highest BCUT2D eigenvalue weighted by Gasteiger charge is 2.33. The summed E-state index contributed by atoms with van der Waals surface area (Å²) in [7, 11) is 0. The number of carbonyl (C=O) groups is 2. The number of carboxylic acid groups (broad SMARTS) is 1.